The first kappa shape index (κ1) is 61.2. The van der Waals surface area contributed by atoms with Crippen LogP contribution < -0.4 is 0 Å². The average Bonchev–Trinajstić information content (AvgIpc) is 1.53. The number of fused-ring (bicyclic) bond motifs is 48. The van der Waals surface area contributed by atoms with Crippen LogP contribution in [0, 0.1) is 0 Å². The Morgan fingerprint density at radius 1 is 0.231 bits per heavy atom. The van der Waals surface area contributed by atoms with E-state index in [2.05, 4.69) is 58.5 Å². The predicted molar refractivity (Wildman–Crippen MR) is 395 cm³/mol. The molecule has 104 heavy (non-hydrogen) atoms. The van der Waals surface area contributed by atoms with Crippen LogP contribution in [0.1, 0.15) is 361 Å². The number of hydrogen-bond donors (Lipinski definition) is 6. The summed E-state index contributed by atoms with van der Waals surface area (Å²) in [6, 6.07) is 8.65. The summed E-state index contributed by atoms with van der Waals surface area (Å²) in [6.07, 6.45) is 28.3. The van der Waals surface area contributed by atoms with Crippen molar-refractivity contribution < 1.29 is 51.9 Å². The van der Waals surface area contributed by atoms with E-state index in [0.717, 1.165) is 310 Å². The van der Waals surface area contributed by atoms with E-state index in [-0.39, 0.29) is 114 Å². The largest absolute Gasteiger partial charge is 0.354 e. The molecule has 24 bridgehead atoms. The maximum atomic E-state index is 14.4. The third kappa shape index (κ3) is 7.59. The zero-order chi connectivity index (χ0) is 69.5. The highest BCUT2D eigenvalue weighted by Crippen LogP contribution is 2.72. The van der Waals surface area contributed by atoms with Crippen LogP contribution in [0.5, 0.6) is 0 Å². The zero-order valence-electron chi connectivity index (χ0n) is 57.4. The van der Waals surface area contributed by atoms with Gasteiger partial charge in [-0.05, 0) is 409 Å². The lowest BCUT2D eigenvalue weighted by Crippen LogP contribution is -2.17. The molecular weight excluding hydrogens is 1390 g/mol. The fourth-order valence-corrected chi connectivity index (χ4v) is 32.8. The number of H-pyrrole nitrogens is 2. The molecule has 3 aromatic heterocycles. The molecule has 530 valence electrons. The Morgan fingerprint density at radius 2 is 0.375 bits per heavy atom. The van der Waals surface area contributed by atoms with Gasteiger partial charge in [0.1, 0.15) is 19.6 Å². The number of benzene rings is 4. The van der Waals surface area contributed by atoms with Gasteiger partial charge in [-0.3, -0.25) is 18.2 Å². The van der Waals surface area contributed by atoms with Gasteiger partial charge >= 0.3 is 0 Å². The second kappa shape index (κ2) is 19.9. The monoisotopic (exact) mass is 1460 g/mol. The number of hydrogen-bond acceptors (Lipinski definition) is 10. The average molecular weight is 1460 g/mol. The summed E-state index contributed by atoms with van der Waals surface area (Å²) in [7, 11) is -18.8. The van der Waals surface area contributed by atoms with Crippen molar-refractivity contribution in [3.8, 4) is 44.5 Å². The molecule has 6 N–H and O–H groups in total. The van der Waals surface area contributed by atoms with Crippen molar-refractivity contribution in [1.82, 2.24) is 19.9 Å². The molecule has 18 aliphatic rings. The summed E-state index contributed by atoms with van der Waals surface area (Å²) in [5.41, 5.74) is 27.2. The van der Waals surface area contributed by atoms with Crippen molar-refractivity contribution in [2.75, 3.05) is 0 Å². The summed E-state index contributed by atoms with van der Waals surface area (Å²) >= 11 is 0. The first-order valence-corrected chi connectivity index (χ1v) is 44.9. The van der Waals surface area contributed by atoms with Gasteiger partial charge in [0.25, 0.3) is 40.5 Å². The lowest BCUT2D eigenvalue weighted by molar-refractivity contribution is 0.475. The third-order valence-corrected chi connectivity index (χ3v) is 35.0. The molecule has 2 aliphatic heterocycles. The van der Waals surface area contributed by atoms with E-state index >= 15 is 0 Å². The van der Waals surface area contributed by atoms with Gasteiger partial charge in [-0.2, -0.15) is 33.7 Å². The highest BCUT2D eigenvalue weighted by molar-refractivity contribution is 7.86. The summed E-state index contributed by atoms with van der Waals surface area (Å²) in [6.45, 7) is 0. The lowest BCUT2D eigenvalue weighted by Gasteiger charge is -2.30. The highest BCUT2D eigenvalue weighted by atomic mass is 32.2. The van der Waals surface area contributed by atoms with Crippen molar-refractivity contribution in [1.29, 1.82) is 0 Å². The van der Waals surface area contributed by atoms with Gasteiger partial charge in [0.2, 0.25) is 0 Å². The van der Waals surface area contributed by atoms with Gasteiger partial charge in [0, 0.05) is 44.3 Å². The van der Waals surface area contributed by atoms with Crippen molar-refractivity contribution in [3.63, 3.8) is 0 Å². The van der Waals surface area contributed by atoms with Crippen LogP contribution in [0.3, 0.4) is 0 Å². The van der Waals surface area contributed by atoms with Crippen molar-refractivity contribution >= 4 is 86.8 Å². The lowest BCUT2D eigenvalue weighted by atomic mass is 9.76. The fourth-order valence-electron chi connectivity index (χ4n) is 28.3. The minimum Gasteiger partial charge on any atom is -0.354 e. The quantitative estimate of drug-likeness (QED) is 0.0772. The highest BCUT2D eigenvalue weighted by Gasteiger charge is 2.57. The molecule has 0 saturated heterocycles. The van der Waals surface area contributed by atoms with E-state index in [4.69, 9.17) is 9.97 Å². The van der Waals surface area contributed by atoms with Crippen LogP contribution in [-0.4, -0.2) is 71.8 Å². The van der Waals surface area contributed by atoms with Crippen LogP contribution in [0.25, 0.3) is 90.9 Å². The van der Waals surface area contributed by atoms with Gasteiger partial charge in [-0.1, -0.05) is 0 Å². The van der Waals surface area contributed by atoms with E-state index in [1.165, 1.54) is 0 Å². The van der Waals surface area contributed by atoms with Crippen LogP contribution in [0.2, 0.25) is 0 Å². The Hall–Kier alpha value is -6.88. The van der Waals surface area contributed by atoms with Gasteiger partial charge in [-0.15, -0.1) is 0 Å². The summed E-state index contributed by atoms with van der Waals surface area (Å²) in [5, 5.41) is 0. The molecule has 16 atom stereocenters. The smallest absolute Gasteiger partial charge is 0.295 e. The minimum atomic E-state index is -4.69. The van der Waals surface area contributed by atoms with Crippen molar-refractivity contribution in [3.05, 3.63) is 136 Å². The van der Waals surface area contributed by atoms with Crippen molar-refractivity contribution in [2.45, 2.75) is 268 Å². The topological polar surface area (TPSA) is 275 Å². The fraction of sp³-hybridized carbons (Fsp3) is 0.476. The Morgan fingerprint density at radius 3 is 0.519 bits per heavy atom. The van der Waals surface area contributed by atoms with Crippen LogP contribution in [0.15, 0.2) is 43.8 Å². The number of rotatable bonds is 8. The minimum absolute atomic E-state index is 0.0253. The molecule has 7 aromatic rings. The summed E-state index contributed by atoms with van der Waals surface area (Å²) < 4.78 is 162. The molecule has 0 unspecified atom stereocenters. The van der Waals surface area contributed by atoms with Gasteiger partial charge in [0.15, 0.2) is 0 Å². The molecule has 16 nitrogen and oxygen atoms in total. The molecule has 16 aliphatic carbocycles. The van der Waals surface area contributed by atoms with Crippen LogP contribution in [-0.2, 0) is 40.5 Å². The number of aromatic nitrogens is 4. The third-order valence-electron chi connectivity index (χ3n) is 31.2. The molecule has 0 spiro atoms. The van der Waals surface area contributed by atoms with Crippen molar-refractivity contribution in [2.24, 2.45) is 0 Å². The van der Waals surface area contributed by atoms with E-state index < -0.39 is 40.5 Å². The molecular formula is C84H78N4O12S4. The molecule has 8 saturated carbocycles. The Labute approximate surface area is 603 Å². The van der Waals surface area contributed by atoms with Crippen LogP contribution in [0.4, 0.5) is 0 Å². The predicted octanol–water partition coefficient (Wildman–Crippen LogP) is 19.2. The maximum absolute atomic E-state index is 14.4. The molecule has 5 heterocycles. The van der Waals surface area contributed by atoms with Gasteiger partial charge < -0.3 is 9.97 Å². The number of aromatic amines is 2. The first-order chi connectivity index (χ1) is 50.1. The van der Waals surface area contributed by atoms with E-state index in [1.807, 2.05) is 0 Å². The van der Waals surface area contributed by atoms with E-state index in [0.29, 0.717) is 22.8 Å². The normalized spacial score (nSPS) is 31.7. The number of nitrogens with one attached hydrogen (secondary N) is 2. The first-order valence-electron chi connectivity index (χ1n) is 39.1. The second-order valence-electron chi connectivity index (χ2n) is 35.5. The summed E-state index contributed by atoms with van der Waals surface area (Å²) in [4.78, 5) is 21.1. The molecule has 20 heteroatoms. The number of nitrogens with zero attached hydrogens (tertiary/aromatic N) is 2. The van der Waals surface area contributed by atoms with Crippen LogP contribution >= 0.6 is 0 Å². The molecule has 0 radical (unpaired) electrons. The molecule has 8 fully saturated rings. The second-order valence-corrected chi connectivity index (χ2v) is 40.9. The standard InChI is InChI=1S/C84H78N4O12S4/c89-101(90,91)81-65-41-9-1-33(25-41)57(65)77(58-34-2-10-42(26-34)66(58)81)73-49-17-19-51(85-49)74(78-59-35-3-11-43(27-35)67(59)82(102(92,93)94)68-44-12-4-36(28-44)60(68)78)53-21-23-55(87-53)76(80-63-39-7-15-47(31-39)71(63)84(104(98,99)100)72-48-16-8-40(32-48)64(72)80)56-24-22-54(88-56)75(52-20-18-50(73)86-52)79-61-37-5-13-45(29-37)69(61)83(103(95,96)97)70-46-14-6-38(30-46)62(70)79/h17-24,33-48,85,88H,1-16,25-32H2,(H,89,90,91)(H,92,93,94)(H,95,96,97)(H,98,99,100)/t33-,34-,35-,36-,37-,38-,39-,40-,41+,42+,43+,44+,45+,46+,47+,48+/m0/s1. The SMILES string of the molecule is O=S(=O)(O)c1c2c(c(-c3c4nc(c(-c5c6c(c(S(=O)(=O)O)c7c5[C@H]5CC[C@@H]7C5)[C@@H]5CC[C@H]6C5)c5ccc([nH]5)c(-c5c6c(c(S(=O)(=O)O)c7c5[C@H]5CC[C@@H]7C5)[C@@H]5CC[C@H]6C5)c5nc(c(-c6c7c(c(S(=O)(=O)O)c8c6[C@H]6CC[C@@H]8C6)[C@@H]6CC[C@H]7C6)c6ccc3[nH]6)C=C5)C=C4)c3c1[C@@H]1CC[C@H]3C1)[C@H]1CC[C@@H]2C1. The Balaban J connectivity index is 0.890. The zero-order valence-corrected chi connectivity index (χ0v) is 60.7. The van der Waals surface area contributed by atoms with E-state index in [1.54, 1.807) is 0 Å². The van der Waals surface area contributed by atoms with Gasteiger partial charge in [-0.25, -0.2) is 9.97 Å². The maximum Gasteiger partial charge on any atom is 0.295 e. The summed E-state index contributed by atoms with van der Waals surface area (Å²) in [5.74, 6) is -0.244. The molecule has 0 amide bonds. The van der Waals surface area contributed by atoms with Gasteiger partial charge in [0.05, 0.1) is 22.8 Å². The molecule has 25 rings (SSSR count). The molecule has 4 aromatic carbocycles. The van der Waals surface area contributed by atoms with E-state index in [9.17, 15) is 51.9 Å². The Kier molecular flexibility index (Phi) is 11.7. The Bertz CT molecular complexity index is 5260.